The molecule has 14 aromatic rings. The number of rotatable bonds is 9. The molecule has 356 valence electrons. The van der Waals surface area contributed by atoms with E-state index in [-0.39, 0.29) is 0 Å². The van der Waals surface area contributed by atoms with Gasteiger partial charge in [0.05, 0.1) is 22.1 Å². The van der Waals surface area contributed by atoms with E-state index < -0.39 is 5.41 Å². The molecule has 0 unspecified atom stereocenters. The van der Waals surface area contributed by atoms with Crippen LogP contribution in [0.3, 0.4) is 0 Å². The molecule has 3 heteroatoms. The van der Waals surface area contributed by atoms with Crippen molar-refractivity contribution in [1.82, 2.24) is 4.57 Å². The summed E-state index contributed by atoms with van der Waals surface area (Å²) >= 11 is 0. The number of aromatic nitrogens is 1. The van der Waals surface area contributed by atoms with Gasteiger partial charge in [0.15, 0.2) is 0 Å². The standard InChI is InChI=1S/C73H48N2O/c1-5-20-50(21-6-1)59-31-17-32-60-63-48-52(42-47-69(63)76-72(59)60)49-38-43-56(44-39-49)74(57-45-40-51(41-46-57)58-30-18-36-67-70(58)62-29-14-16-35-66(62)75(67)55-26-11-4-12-27-55)68-37-19-34-65-71(68)61-28-13-15-33-64(61)73(65,53-22-7-2-8-23-53)54-24-9-3-10-25-54/h1-48H. The highest BCUT2D eigenvalue weighted by molar-refractivity contribution is 6.16. The number of hydrogen-bond acceptors (Lipinski definition) is 2. The van der Waals surface area contributed by atoms with Gasteiger partial charge >= 0.3 is 0 Å². The second-order valence-electron chi connectivity index (χ2n) is 19.9. The highest BCUT2D eigenvalue weighted by Gasteiger charge is 2.47. The summed E-state index contributed by atoms with van der Waals surface area (Å²) in [5, 5.41) is 4.70. The molecule has 0 atom stereocenters. The van der Waals surface area contributed by atoms with Crippen LogP contribution in [0.2, 0.25) is 0 Å². The Bertz CT molecular complexity index is 4440. The lowest BCUT2D eigenvalue weighted by Gasteiger charge is -2.34. The molecular formula is C73H48N2O. The first-order chi connectivity index (χ1) is 37.7. The number of anilines is 3. The van der Waals surface area contributed by atoms with Crippen LogP contribution < -0.4 is 4.90 Å². The first-order valence-corrected chi connectivity index (χ1v) is 26.2. The van der Waals surface area contributed by atoms with Crippen molar-refractivity contribution < 1.29 is 4.42 Å². The molecule has 0 radical (unpaired) electrons. The third kappa shape index (κ3) is 6.69. The number of nitrogens with zero attached hydrogens (tertiary/aromatic N) is 2. The lowest BCUT2D eigenvalue weighted by molar-refractivity contribution is 0.670. The number of benzene rings is 12. The van der Waals surface area contributed by atoms with Crippen LogP contribution in [0.5, 0.6) is 0 Å². The first-order valence-electron chi connectivity index (χ1n) is 26.2. The monoisotopic (exact) mass is 968 g/mol. The second-order valence-corrected chi connectivity index (χ2v) is 19.9. The zero-order valence-electron chi connectivity index (χ0n) is 41.5. The fraction of sp³-hybridized carbons (Fsp3) is 0.0137. The third-order valence-corrected chi connectivity index (χ3v) is 15.9. The smallest absolute Gasteiger partial charge is 0.143 e. The molecule has 0 fully saturated rings. The zero-order chi connectivity index (χ0) is 50.2. The lowest BCUT2D eigenvalue weighted by atomic mass is 9.68. The maximum atomic E-state index is 6.60. The molecule has 76 heavy (non-hydrogen) atoms. The number of para-hydroxylation sites is 3. The summed E-state index contributed by atoms with van der Waals surface area (Å²) < 4.78 is 8.99. The minimum atomic E-state index is -0.542. The molecule has 1 aliphatic rings. The zero-order valence-corrected chi connectivity index (χ0v) is 41.5. The summed E-state index contributed by atoms with van der Waals surface area (Å²) in [6, 6.07) is 106. The molecule has 0 amide bonds. The molecule has 0 spiro atoms. The van der Waals surface area contributed by atoms with E-state index in [0.29, 0.717) is 0 Å². The summed E-state index contributed by atoms with van der Waals surface area (Å²) in [5.74, 6) is 0. The lowest BCUT2D eigenvalue weighted by Crippen LogP contribution is -2.28. The van der Waals surface area contributed by atoms with Crippen LogP contribution in [0.4, 0.5) is 17.1 Å². The van der Waals surface area contributed by atoms with E-state index in [1.807, 2.05) is 0 Å². The van der Waals surface area contributed by atoms with Crippen molar-refractivity contribution in [1.29, 1.82) is 0 Å². The third-order valence-electron chi connectivity index (χ3n) is 15.9. The molecular weight excluding hydrogens is 921 g/mol. The van der Waals surface area contributed by atoms with Crippen LogP contribution in [0.15, 0.2) is 296 Å². The molecule has 15 rings (SSSR count). The van der Waals surface area contributed by atoms with Gasteiger partial charge in [-0.05, 0) is 122 Å². The number of fused-ring (bicyclic) bond motifs is 9. The highest BCUT2D eigenvalue weighted by atomic mass is 16.3. The van der Waals surface area contributed by atoms with Gasteiger partial charge in [0.25, 0.3) is 0 Å². The van der Waals surface area contributed by atoms with E-state index in [1.54, 1.807) is 0 Å². The van der Waals surface area contributed by atoms with Crippen molar-refractivity contribution in [2.45, 2.75) is 5.41 Å². The molecule has 0 aliphatic heterocycles. The summed E-state index contributed by atoms with van der Waals surface area (Å²) in [5.41, 5.74) is 22.4. The van der Waals surface area contributed by atoms with Gasteiger partial charge in [0, 0.05) is 49.7 Å². The summed E-state index contributed by atoms with van der Waals surface area (Å²) in [6.07, 6.45) is 0. The minimum Gasteiger partial charge on any atom is -0.455 e. The summed E-state index contributed by atoms with van der Waals surface area (Å²) in [7, 11) is 0. The largest absolute Gasteiger partial charge is 0.455 e. The van der Waals surface area contributed by atoms with E-state index in [0.717, 1.165) is 72.5 Å². The van der Waals surface area contributed by atoms with Crippen LogP contribution in [0, 0.1) is 0 Å². The van der Waals surface area contributed by atoms with Gasteiger partial charge in [-0.25, -0.2) is 0 Å². The van der Waals surface area contributed by atoms with E-state index in [1.165, 1.54) is 60.8 Å². The van der Waals surface area contributed by atoms with E-state index in [9.17, 15) is 0 Å². The first kappa shape index (κ1) is 43.6. The van der Waals surface area contributed by atoms with Crippen LogP contribution in [0.1, 0.15) is 22.3 Å². The normalized spacial score (nSPS) is 12.6. The Hall–Kier alpha value is -9.96. The van der Waals surface area contributed by atoms with Crippen LogP contribution >= 0.6 is 0 Å². The molecule has 1 aliphatic carbocycles. The van der Waals surface area contributed by atoms with Gasteiger partial charge in [-0.3, -0.25) is 0 Å². The Kier molecular flexibility index (Phi) is 10.1. The van der Waals surface area contributed by atoms with Gasteiger partial charge in [-0.2, -0.15) is 0 Å². The SMILES string of the molecule is c1ccc(-c2cccc3c2oc2ccc(-c4ccc(N(c5ccc(-c6cccc7c6c6ccccc6n7-c6ccccc6)cc5)c5cccc6c5-c5ccccc5C6(c5ccccc5)c5ccccc5)cc4)cc23)cc1. The Balaban J connectivity index is 0.904. The van der Waals surface area contributed by atoms with Crippen LogP contribution in [-0.4, -0.2) is 4.57 Å². The van der Waals surface area contributed by atoms with Crippen LogP contribution in [-0.2, 0) is 5.41 Å². The maximum absolute atomic E-state index is 6.60. The molecule has 0 saturated carbocycles. The Morgan fingerprint density at radius 3 is 1.61 bits per heavy atom. The van der Waals surface area contributed by atoms with Gasteiger partial charge < -0.3 is 13.9 Å². The topological polar surface area (TPSA) is 21.3 Å². The van der Waals surface area contributed by atoms with Crippen molar-refractivity contribution in [3.05, 3.63) is 313 Å². The number of hydrogen-bond donors (Lipinski definition) is 0. The Morgan fingerprint density at radius 1 is 0.342 bits per heavy atom. The molecule has 0 saturated heterocycles. The molecule has 12 aromatic carbocycles. The minimum absolute atomic E-state index is 0.542. The quantitative estimate of drug-likeness (QED) is 0.144. The van der Waals surface area contributed by atoms with Crippen molar-refractivity contribution in [3.63, 3.8) is 0 Å². The van der Waals surface area contributed by atoms with Crippen molar-refractivity contribution in [3.8, 4) is 50.2 Å². The van der Waals surface area contributed by atoms with E-state index in [2.05, 4.69) is 301 Å². The van der Waals surface area contributed by atoms with Gasteiger partial charge in [0.1, 0.15) is 11.2 Å². The van der Waals surface area contributed by atoms with E-state index >= 15 is 0 Å². The predicted molar refractivity (Wildman–Crippen MR) is 316 cm³/mol. The van der Waals surface area contributed by atoms with Crippen molar-refractivity contribution >= 4 is 60.8 Å². The summed E-state index contributed by atoms with van der Waals surface area (Å²) in [4.78, 5) is 2.47. The Labute approximate surface area is 441 Å². The van der Waals surface area contributed by atoms with Gasteiger partial charge in [-0.15, -0.1) is 0 Å². The average molecular weight is 969 g/mol. The average Bonchev–Trinajstić information content (AvgIpc) is 4.17. The van der Waals surface area contributed by atoms with Crippen LogP contribution in [0.25, 0.3) is 93.9 Å². The fourth-order valence-corrected chi connectivity index (χ4v) is 12.6. The molecule has 2 heterocycles. The van der Waals surface area contributed by atoms with E-state index in [4.69, 9.17) is 4.42 Å². The highest BCUT2D eigenvalue weighted by Crippen LogP contribution is 2.59. The molecule has 0 N–H and O–H groups in total. The maximum Gasteiger partial charge on any atom is 0.143 e. The van der Waals surface area contributed by atoms with Gasteiger partial charge in [-0.1, -0.05) is 224 Å². The van der Waals surface area contributed by atoms with Crippen molar-refractivity contribution in [2.24, 2.45) is 0 Å². The number of furan rings is 1. The predicted octanol–water partition coefficient (Wildman–Crippen LogP) is 19.5. The second kappa shape index (κ2) is 17.6. The molecule has 2 aromatic heterocycles. The molecule has 3 nitrogen and oxygen atoms in total. The summed E-state index contributed by atoms with van der Waals surface area (Å²) in [6.45, 7) is 0. The van der Waals surface area contributed by atoms with Gasteiger partial charge in [0.2, 0.25) is 0 Å². The fourth-order valence-electron chi connectivity index (χ4n) is 12.6. The van der Waals surface area contributed by atoms with Crippen molar-refractivity contribution in [2.75, 3.05) is 4.90 Å². The molecule has 0 bridgehead atoms. The Morgan fingerprint density at radius 2 is 0.868 bits per heavy atom.